The van der Waals surface area contributed by atoms with Gasteiger partial charge in [-0.25, -0.2) is 0 Å². The molecule has 3 aromatic rings. The first kappa shape index (κ1) is 15.3. The summed E-state index contributed by atoms with van der Waals surface area (Å²) < 4.78 is 0. The van der Waals surface area contributed by atoms with Crippen LogP contribution in [0.3, 0.4) is 0 Å². The van der Waals surface area contributed by atoms with E-state index < -0.39 is 0 Å². The number of anilines is 1. The molecule has 3 aromatic heterocycles. The summed E-state index contributed by atoms with van der Waals surface area (Å²) in [6.45, 7) is 1.45. The van der Waals surface area contributed by atoms with E-state index in [1.807, 2.05) is 18.3 Å². The molecule has 1 unspecified atom stereocenters. The van der Waals surface area contributed by atoms with Gasteiger partial charge in [0.15, 0.2) is 11.5 Å². The molecule has 1 fully saturated rings. The number of carbonyl (C=O) groups excluding carboxylic acids is 1. The molecule has 1 saturated heterocycles. The van der Waals surface area contributed by atoms with Crippen molar-refractivity contribution in [3.63, 3.8) is 0 Å². The van der Waals surface area contributed by atoms with Gasteiger partial charge >= 0.3 is 0 Å². The molecule has 0 aliphatic carbocycles. The number of piperidine rings is 1. The summed E-state index contributed by atoms with van der Waals surface area (Å²) in [5, 5.41) is 30.2. The Kier molecular flexibility index (Phi) is 3.85. The summed E-state index contributed by atoms with van der Waals surface area (Å²) in [6, 6.07) is 3.82. The second-order valence-electron chi connectivity index (χ2n) is 6.06. The predicted molar refractivity (Wildman–Crippen MR) is 90.6 cm³/mol. The third kappa shape index (κ3) is 2.82. The fourth-order valence-electron chi connectivity index (χ4n) is 3.31. The van der Waals surface area contributed by atoms with Crippen molar-refractivity contribution in [2.24, 2.45) is 0 Å². The number of nitrogens with one attached hydrogen (secondary N) is 2. The van der Waals surface area contributed by atoms with Crippen LogP contribution in [0.25, 0.3) is 21.9 Å². The number of fused-ring (bicyclic) bond motifs is 3. The lowest BCUT2D eigenvalue weighted by Gasteiger charge is -2.34. The number of hydrogen-bond acceptors (Lipinski definition) is 7. The summed E-state index contributed by atoms with van der Waals surface area (Å²) in [6.07, 6.45) is 5.11. The number of aromatic nitrogens is 5. The zero-order chi connectivity index (χ0) is 17.2. The molecule has 1 atom stereocenters. The number of nitrogens with zero attached hydrogens (tertiary/aromatic N) is 6. The first-order valence-electron chi connectivity index (χ1n) is 8.12. The van der Waals surface area contributed by atoms with E-state index in [0.29, 0.717) is 17.7 Å². The highest BCUT2D eigenvalue weighted by Gasteiger charge is 2.25. The standard InChI is InChI=1S/C16H16N8O/c17-5-3-13(25)20-10-2-1-7-24(9-10)16-14-11-4-6-18-15(11)22-21-12(14)8-19-23-16/h4,6,8,10H,1-3,7,9H2,(H,18,22)(H,20,25). The van der Waals surface area contributed by atoms with E-state index in [4.69, 9.17) is 5.26 Å². The normalized spacial score (nSPS) is 17.6. The molecule has 0 bridgehead atoms. The van der Waals surface area contributed by atoms with Crippen molar-refractivity contribution >= 4 is 33.7 Å². The van der Waals surface area contributed by atoms with Gasteiger partial charge in [-0.1, -0.05) is 0 Å². The number of H-pyrrole nitrogens is 1. The van der Waals surface area contributed by atoms with Gasteiger partial charge in [0.05, 0.1) is 17.7 Å². The Hall–Kier alpha value is -3.28. The molecule has 126 valence electrons. The molecule has 0 radical (unpaired) electrons. The van der Waals surface area contributed by atoms with Crippen LogP contribution in [0.4, 0.5) is 5.82 Å². The average Bonchev–Trinajstić information content (AvgIpc) is 3.10. The Morgan fingerprint density at radius 2 is 2.36 bits per heavy atom. The zero-order valence-electron chi connectivity index (χ0n) is 13.4. The van der Waals surface area contributed by atoms with Crippen molar-refractivity contribution in [1.29, 1.82) is 5.26 Å². The minimum absolute atomic E-state index is 0.0110. The Morgan fingerprint density at radius 3 is 3.24 bits per heavy atom. The SMILES string of the molecule is N#CCC(=O)NC1CCCN(c2nncc3nnc4[nH]ccc4c23)C1. The van der Waals surface area contributed by atoms with Gasteiger partial charge in [0.2, 0.25) is 5.91 Å². The molecule has 0 aromatic carbocycles. The molecular formula is C16H16N8O. The Balaban J connectivity index is 1.68. The van der Waals surface area contributed by atoms with Crippen LogP contribution in [-0.4, -0.2) is 50.4 Å². The van der Waals surface area contributed by atoms with E-state index in [1.54, 1.807) is 6.20 Å². The topological polar surface area (TPSA) is 123 Å². The van der Waals surface area contributed by atoms with E-state index >= 15 is 0 Å². The van der Waals surface area contributed by atoms with Crippen molar-refractivity contribution in [3.05, 3.63) is 18.5 Å². The molecular weight excluding hydrogens is 320 g/mol. The van der Waals surface area contributed by atoms with Crippen LogP contribution in [-0.2, 0) is 4.79 Å². The zero-order valence-corrected chi connectivity index (χ0v) is 13.4. The van der Waals surface area contributed by atoms with E-state index in [1.165, 1.54) is 0 Å². The van der Waals surface area contributed by atoms with Crippen molar-refractivity contribution in [2.75, 3.05) is 18.0 Å². The third-order valence-electron chi connectivity index (χ3n) is 4.39. The fourth-order valence-corrected chi connectivity index (χ4v) is 3.31. The van der Waals surface area contributed by atoms with Crippen molar-refractivity contribution < 1.29 is 4.79 Å². The average molecular weight is 336 g/mol. The van der Waals surface area contributed by atoms with Crippen LogP contribution in [0.1, 0.15) is 19.3 Å². The minimum atomic E-state index is -0.239. The molecule has 2 N–H and O–H groups in total. The third-order valence-corrected chi connectivity index (χ3v) is 4.39. The number of hydrogen-bond donors (Lipinski definition) is 2. The van der Waals surface area contributed by atoms with Crippen molar-refractivity contribution in [2.45, 2.75) is 25.3 Å². The lowest BCUT2D eigenvalue weighted by molar-refractivity contribution is -0.120. The quantitative estimate of drug-likeness (QED) is 0.728. The van der Waals surface area contributed by atoms with E-state index in [2.05, 4.69) is 35.6 Å². The number of amides is 1. The maximum absolute atomic E-state index is 11.7. The molecule has 1 aliphatic heterocycles. The minimum Gasteiger partial charge on any atom is -0.352 e. The van der Waals surface area contributed by atoms with Gasteiger partial charge in [0.25, 0.3) is 0 Å². The predicted octanol–water partition coefficient (Wildman–Crippen LogP) is 0.900. The molecule has 1 amide bonds. The second kappa shape index (κ2) is 6.32. The number of nitriles is 1. The lowest BCUT2D eigenvalue weighted by Crippen LogP contribution is -2.48. The van der Waals surface area contributed by atoms with Crippen LogP contribution in [0.5, 0.6) is 0 Å². The largest absolute Gasteiger partial charge is 0.352 e. The van der Waals surface area contributed by atoms with Gasteiger partial charge in [-0.15, -0.1) is 15.3 Å². The molecule has 9 nitrogen and oxygen atoms in total. The summed E-state index contributed by atoms with van der Waals surface area (Å²) >= 11 is 0. The molecule has 9 heteroatoms. The molecule has 1 aliphatic rings. The number of carbonyl (C=O) groups is 1. The molecule has 25 heavy (non-hydrogen) atoms. The number of rotatable bonds is 3. The highest BCUT2D eigenvalue weighted by molar-refractivity contribution is 6.08. The molecule has 4 heterocycles. The van der Waals surface area contributed by atoms with Crippen LogP contribution in [0.2, 0.25) is 0 Å². The maximum Gasteiger partial charge on any atom is 0.234 e. The van der Waals surface area contributed by atoms with Gasteiger partial charge in [-0.2, -0.15) is 10.4 Å². The summed E-state index contributed by atoms with van der Waals surface area (Å²) in [7, 11) is 0. The van der Waals surface area contributed by atoms with Gasteiger partial charge in [-0.05, 0) is 18.9 Å². The first-order chi connectivity index (χ1) is 12.3. The molecule has 0 saturated carbocycles. The first-order valence-corrected chi connectivity index (χ1v) is 8.12. The Bertz CT molecular complexity index is 975. The smallest absolute Gasteiger partial charge is 0.234 e. The van der Waals surface area contributed by atoms with Gasteiger partial charge in [0, 0.05) is 30.7 Å². The second-order valence-corrected chi connectivity index (χ2v) is 6.06. The fraction of sp³-hybridized carbons (Fsp3) is 0.375. The van der Waals surface area contributed by atoms with E-state index in [-0.39, 0.29) is 18.4 Å². The highest BCUT2D eigenvalue weighted by atomic mass is 16.1. The van der Waals surface area contributed by atoms with Crippen molar-refractivity contribution in [3.8, 4) is 6.07 Å². The molecule has 4 rings (SSSR count). The summed E-state index contributed by atoms with van der Waals surface area (Å²) in [4.78, 5) is 16.9. The van der Waals surface area contributed by atoms with Crippen LogP contribution < -0.4 is 10.2 Å². The monoisotopic (exact) mass is 336 g/mol. The van der Waals surface area contributed by atoms with Crippen LogP contribution >= 0.6 is 0 Å². The number of aromatic amines is 1. The van der Waals surface area contributed by atoms with Gasteiger partial charge < -0.3 is 15.2 Å². The Morgan fingerprint density at radius 1 is 1.44 bits per heavy atom. The molecule has 0 spiro atoms. The van der Waals surface area contributed by atoms with Crippen molar-refractivity contribution in [1.82, 2.24) is 30.7 Å². The Labute approximate surface area is 143 Å². The van der Waals surface area contributed by atoms with Crippen LogP contribution in [0.15, 0.2) is 18.5 Å². The van der Waals surface area contributed by atoms with E-state index in [0.717, 1.165) is 36.0 Å². The van der Waals surface area contributed by atoms with Crippen LogP contribution in [0, 0.1) is 11.3 Å². The van der Waals surface area contributed by atoms with E-state index in [9.17, 15) is 4.79 Å². The lowest BCUT2D eigenvalue weighted by atomic mass is 10.0. The van der Waals surface area contributed by atoms with Gasteiger partial charge in [0.1, 0.15) is 11.9 Å². The highest BCUT2D eigenvalue weighted by Crippen LogP contribution is 2.30. The summed E-state index contributed by atoms with van der Waals surface area (Å²) in [5.74, 6) is 0.508. The van der Waals surface area contributed by atoms with Gasteiger partial charge in [-0.3, -0.25) is 4.79 Å². The maximum atomic E-state index is 11.7. The summed E-state index contributed by atoms with van der Waals surface area (Å²) in [5.41, 5.74) is 1.39.